The Kier molecular flexibility index (Phi) is 3.81. The first kappa shape index (κ1) is 12.7. The molecule has 94 valence electrons. The van der Waals surface area contributed by atoms with E-state index in [1.54, 1.807) is 24.3 Å². The zero-order valence-electron chi connectivity index (χ0n) is 10.4. The summed E-state index contributed by atoms with van der Waals surface area (Å²) in [4.78, 5) is 14.7. The van der Waals surface area contributed by atoms with Crippen molar-refractivity contribution in [2.24, 2.45) is 5.11 Å². The van der Waals surface area contributed by atoms with Gasteiger partial charge in [-0.3, -0.25) is 4.79 Å². The molecule has 2 rings (SSSR count). The number of hydrogen-bond acceptors (Lipinski definition) is 2. The molecular weight excluding hydrogens is 240 g/mol. The molecule has 0 aliphatic heterocycles. The number of rotatable bonds is 3. The molecule has 19 heavy (non-hydrogen) atoms. The first-order chi connectivity index (χ1) is 9.19. The predicted octanol–water partition coefficient (Wildman–Crippen LogP) is 4.19. The van der Waals surface area contributed by atoms with Crippen molar-refractivity contribution in [2.45, 2.75) is 6.92 Å². The van der Waals surface area contributed by atoms with Gasteiger partial charge < -0.3 is 5.32 Å². The van der Waals surface area contributed by atoms with E-state index in [2.05, 4.69) is 15.3 Å². The van der Waals surface area contributed by atoms with Crippen LogP contribution in [0.15, 0.2) is 53.6 Å². The molecule has 2 aromatic rings. The summed E-state index contributed by atoms with van der Waals surface area (Å²) in [5.74, 6) is -0.237. The lowest BCUT2D eigenvalue weighted by Gasteiger charge is -2.06. The van der Waals surface area contributed by atoms with Gasteiger partial charge in [0.05, 0.1) is 0 Å². The van der Waals surface area contributed by atoms with E-state index in [0.717, 1.165) is 11.3 Å². The van der Waals surface area contributed by atoms with E-state index in [-0.39, 0.29) is 5.91 Å². The maximum absolute atomic E-state index is 12.0. The van der Waals surface area contributed by atoms with Gasteiger partial charge in [0.15, 0.2) is 0 Å². The minimum atomic E-state index is -0.237. The van der Waals surface area contributed by atoms with Crippen molar-refractivity contribution < 1.29 is 4.79 Å². The molecule has 0 fully saturated rings. The minimum Gasteiger partial charge on any atom is -0.322 e. The number of benzene rings is 2. The van der Waals surface area contributed by atoms with Crippen molar-refractivity contribution in [1.29, 1.82) is 0 Å². The molecular formula is C14H12N4O. The lowest BCUT2D eigenvalue weighted by atomic mass is 10.1. The molecule has 1 N–H and O–H groups in total. The largest absolute Gasteiger partial charge is 0.322 e. The van der Waals surface area contributed by atoms with Gasteiger partial charge in [0.2, 0.25) is 0 Å². The molecule has 0 saturated carbocycles. The third-order valence-electron chi connectivity index (χ3n) is 2.58. The zero-order valence-corrected chi connectivity index (χ0v) is 10.4. The number of azide groups is 1. The van der Waals surface area contributed by atoms with E-state index in [1.165, 1.54) is 0 Å². The Bertz CT molecular complexity index is 643. The van der Waals surface area contributed by atoms with Gasteiger partial charge >= 0.3 is 0 Å². The Morgan fingerprint density at radius 3 is 2.63 bits per heavy atom. The lowest BCUT2D eigenvalue weighted by molar-refractivity contribution is 0.102. The van der Waals surface area contributed by atoms with E-state index < -0.39 is 0 Å². The number of aryl methyl sites for hydroxylation is 1. The number of carbonyl (C=O) groups is 1. The molecule has 0 aromatic heterocycles. The molecule has 0 aliphatic carbocycles. The smallest absolute Gasteiger partial charge is 0.255 e. The highest BCUT2D eigenvalue weighted by Crippen LogP contribution is 2.16. The summed E-state index contributed by atoms with van der Waals surface area (Å²) in [5, 5.41) is 6.25. The van der Waals surface area contributed by atoms with Gasteiger partial charge in [-0.1, -0.05) is 34.9 Å². The van der Waals surface area contributed by atoms with Gasteiger partial charge in [-0.2, -0.15) is 0 Å². The van der Waals surface area contributed by atoms with Crippen LogP contribution >= 0.6 is 0 Å². The average Bonchev–Trinajstić information content (AvgIpc) is 2.42. The molecule has 0 spiro atoms. The van der Waals surface area contributed by atoms with Crippen LogP contribution in [-0.4, -0.2) is 5.91 Å². The summed E-state index contributed by atoms with van der Waals surface area (Å²) >= 11 is 0. The highest BCUT2D eigenvalue weighted by Gasteiger charge is 2.06. The molecule has 0 unspecified atom stereocenters. The van der Waals surface area contributed by atoms with Crippen molar-refractivity contribution in [3.63, 3.8) is 0 Å². The van der Waals surface area contributed by atoms with Gasteiger partial charge in [-0.25, -0.2) is 0 Å². The fraction of sp³-hybridized carbons (Fsp3) is 0.0714. The predicted molar refractivity (Wildman–Crippen MR) is 74.4 cm³/mol. The van der Waals surface area contributed by atoms with Gasteiger partial charge in [0, 0.05) is 21.8 Å². The number of hydrogen-bond donors (Lipinski definition) is 1. The molecule has 2 aromatic carbocycles. The molecule has 0 radical (unpaired) electrons. The highest BCUT2D eigenvalue weighted by molar-refractivity contribution is 6.04. The number of nitrogens with one attached hydrogen (secondary N) is 1. The van der Waals surface area contributed by atoms with Crippen molar-refractivity contribution in [1.82, 2.24) is 0 Å². The topological polar surface area (TPSA) is 77.9 Å². The van der Waals surface area contributed by atoms with Crippen LogP contribution in [0.4, 0.5) is 11.4 Å². The van der Waals surface area contributed by atoms with Crippen molar-refractivity contribution in [3.8, 4) is 0 Å². The van der Waals surface area contributed by atoms with E-state index in [1.807, 2.05) is 31.2 Å². The van der Waals surface area contributed by atoms with Gasteiger partial charge in [-0.05, 0) is 36.7 Å². The van der Waals surface area contributed by atoms with E-state index in [0.29, 0.717) is 11.3 Å². The summed E-state index contributed by atoms with van der Waals surface area (Å²) < 4.78 is 0. The van der Waals surface area contributed by atoms with Crippen LogP contribution in [0.3, 0.4) is 0 Å². The Balaban J connectivity index is 2.17. The Morgan fingerprint density at radius 2 is 1.95 bits per heavy atom. The SMILES string of the molecule is Cc1ccc(NC(=O)c2cccc(N=[N+]=[N-])c2)cc1. The fourth-order valence-electron chi connectivity index (χ4n) is 1.60. The van der Waals surface area contributed by atoms with Crippen LogP contribution in [0.2, 0.25) is 0 Å². The van der Waals surface area contributed by atoms with Crippen molar-refractivity contribution in [3.05, 3.63) is 70.1 Å². The van der Waals surface area contributed by atoms with Crippen LogP contribution < -0.4 is 5.32 Å². The van der Waals surface area contributed by atoms with Crippen molar-refractivity contribution >= 4 is 17.3 Å². The first-order valence-corrected chi connectivity index (χ1v) is 5.72. The quantitative estimate of drug-likeness (QED) is 0.496. The third-order valence-corrected chi connectivity index (χ3v) is 2.58. The fourth-order valence-corrected chi connectivity index (χ4v) is 1.60. The molecule has 5 nitrogen and oxygen atoms in total. The normalized spacial score (nSPS) is 9.53. The molecule has 0 saturated heterocycles. The zero-order chi connectivity index (χ0) is 13.7. The van der Waals surface area contributed by atoms with E-state index >= 15 is 0 Å². The number of carbonyl (C=O) groups excluding carboxylic acids is 1. The maximum Gasteiger partial charge on any atom is 0.255 e. The van der Waals surface area contributed by atoms with Crippen LogP contribution in [-0.2, 0) is 0 Å². The minimum absolute atomic E-state index is 0.237. The summed E-state index contributed by atoms with van der Waals surface area (Å²) in [6.07, 6.45) is 0. The van der Waals surface area contributed by atoms with E-state index in [4.69, 9.17) is 5.53 Å². The van der Waals surface area contributed by atoms with Crippen molar-refractivity contribution in [2.75, 3.05) is 5.32 Å². The second-order valence-electron chi connectivity index (χ2n) is 4.06. The molecule has 0 atom stereocenters. The van der Waals surface area contributed by atoms with Gasteiger partial charge in [-0.15, -0.1) is 0 Å². The summed E-state index contributed by atoms with van der Waals surface area (Å²) in [7, 11) is 0. The number of amides is 1. The third kappa shape index (κ3) is 3.34. The molecule has 0 aliphatic rings. The monoisotopic (exact) mass is 252 g/mol. The Labute approximate surface area is 110 Å². The van der Waals surface area contributed by atoms with Crippen LogP contribution in [0.5, 0.6) is 0 Å². The highest BCUT2D eigenvalue weighted by atomic mass is 16.1. The molecule has 0 heterocycles. The Hall–Kier alpha value is -2.78. The summed E-state index contributed by atoms with van der Waals surface area (Å²) in [6.45, 7) is 1.98. The number of nitrogens with zero attached hydrogens (tertiary/aromatic N) is 3. The summed E-state index contributed by atoms with van der Waals surface area (Å²) in [5.41, 5.74) is 11.1. The second-order valence-corrected chi connectivity index (χ2v) is 4.06. The lowest BCUT2D eigenvalue weighted by Crippen LogP contribution is -2.11. The first-order valence-electron chi connectivity index (χ1n) is 5.72. The number of anilines is 1. The van der Waals surface area contributed by atoms with Crippen LogP contribution in [0, 0.1) is 6.92 Å². The maximum atomic E-state index is 12.0. The van der Waals surface area contributed by atoms with Crippen LogP contribution in [0.1, 0.15) is 15.9 Å². The molecule has 1 amide bonds. The Morgan fingerprint density at radius 1 is 1.21 bits per heavy atom. The van der Waals surface area contributed by atoms with Gasteiger partial charge in [0.1, 0.15) is 0 Å². The average molecular weight is 252 g/mol. The van der Waals surface area contributed by atoms with Gasteiger partial charge in [0.25, 0.3) is 5.91 Å². The summed E-state index contributed by atoms with van der Waals surface area (Å²) in [6, 6.07) is 14.0. The standard InChI is InChI=1S/C14H12N4O/c1-10-5-7-12(8-6-10)16-14(19)11-3-2-4-13(9-11)17-18-15/h2-9H,1H3,(H,16,19). The van der Waals surface area contributed by atoms with Crippen LogP contribution in [0.25, 0.3) is 10.4 Å². The second kappa shape index (κ2) is 5.71. The molecule has 0 bridgehead atoms. The van der Waals surface area contributed by atoms with E-state index in [9.17, 15) is 4.79 Å². The molecule has 5 heteroatoms.